The molecule has 3 amide bonds. The summed E-state index contributed by atoms with van der Waals surface area (Å²) in [4.78, 5) is 52.3. The van der Waals surface area contributed by atoms with E-state index in [4.69, 9.17) is 10.7 Å². The van der Waals surface area contributed by atoms with Crippen LogP contribution in [0.2, 0.25) is 0 Å². The minimum atomic E-state index is -3.72. The summed E-state index contributed by atoms with van der Waals surface area (Å²) in [5.74, 6) is -1.87. The van der Waals surface area contributed by atoms with Gasteiger partial charge in [-0.05, 0) is 74.7 Å². The van der Waals surface area contributed by atoms with Crippen LogP contribution >= 0.6 is 11.3 Å². The van der Waals surface area contributed by atoms with Crippen LogP contribution < -0.4 is 21.1 Å². The Morgan fingerprint density at radius 1 is 1.08 bits per heavy atom. The van der Waals surface area contributed by atoms with Crippen molar-refractivity contribution in [3.8, 4) is 21.8 Å². The average Bonchev–Trinajstić information content (AvgIpc) is 3.53. The molecule has 2 aromatic heterocycles. The second kappa shape index (κ2) is 15.0. The highest BCUT2D eigenvalue weighted by molar-refractivity contribution is 7.92. The molecule has 0 bridgehead atoms. The van der Waals surface area contributed by atoms with E-state index < -0.39 is 27.8 Å². The van der Waals surface area contributed by atoms with Gasteiger partial charge in [-0.1, -0.05) is 25.1 Å². The van der Waals surface area contributed by atoms with Crippen LogP contribution in [0.5, 0.6) is 0 Å². The van der Waals surface area contributed by atoms with Crippen LogP contribution in [0.3, 0.4) is 0 Å². The predicted octanol–water partition coefficient (Wildman–Crippen LogP) is 4.05. The van der Waals surface area contributed by atoms with E-state index >= 15 is 4.39 Å². The molecule has 5 N–H and O–H groups in total. The maximum atomic E-state index is 15.9. The lowest BCUT2D eigenvalue weighted by atomic mass is 9.97. The summed E-state index contributed by atoms with van der Waals surface area (Å²) in [6.45, 7) is 4.00. The molecular weight excluding hydrogens is 684 g/mol. The van der Waals surface area contributed by atoms with E-state index in [9.17, 15) is 22.8 Å². The van der Waals surface area contributed by atoms with E-state index in [1.54, 1.807) is 37.3 Å². The summed E-state index contributed by atoms with van der Waals surface area (Å²) in [5.41, 5.74) is 8.23. The smallest absolute Gasteiger partial charge is 0.251 e. The zero-order chi connectivity index (χ0) is 35.4. The molecular formula is C34H37FN8O5S2. The SMILES string of the molecule is CCCS(=O)(=O)Nc1cccc(-c2nc(C3CCN(Cc4ccc(C(=O)N[C@@H]5CCC(=O)NC5=O)cc4)CC3)sc2-c2ccnc(N)n2)c1F. The Labute approximate surface area is 293 Å². The minimum Gasteiger partial charge on any atom is -0.368 e. The predicted molar refractivity (Wildman–Crippen MR) is 188 cm³/mol. The molecule has 16 heteroatoms. The molecule has 0 saturated carbocycles. The normalized spacial score (nSPS) is 17.4. The molecule has 4 heterocycles. The lowest BCUT2D eigenvalue weighted by molar-refractivity contribution is -0.134. The van der Waals surface area contributed by atoms with Crippen LogP contribution in [0.1, 0.15) is 65.9 Å². The van der Waals surface area contributed by atoms with Crippen molar-refractivity contribution in [3.05, 3.63) is 76.7 Å². The highest BCUT2D eigenvalue weighted by Gasteiger charge is 2.29. The molecule has 4 aromatic rings. The van der Waals surface area contributed by atoms with Crippen molar-refractivity contribution in [3.63, 3.8) is 0 Å². The number of thiazole rings is 1. The van der Waals surface area contributed by atoms with E-state index in [0.717, 1.165) is 36.5 Å². The number of carbonyl (C=O) groups excluding carboxylic acids is 3. The second-order valence-corrected chi connectivity index (χ2v) is 15.2. The topological polar surface area (TPSA) is 189 Å². The van der Waals surface area contributed by atoms with Crippen LogP contribution in [-0.4, -0.2) is 70.9 Å². The largest absolute Gasteiger partial charge is 0.368 e. The molecule has 2 fully saturated rings. The first-order chi connectivity index (χ1) is 24.0. The van der Waals surface area contributed by atoms with Crippen molar-refractivity contribution in [2.75, 3.05) is 29.3 Å². The van der Waals surface area contributed by atoms with Crippen LogP contribution in [-0.2, 0) is 26.2 Å². The molecule has 0 radical (unpaired) electrons. The Morgan fingerprint density at radius 2 is 1.84 bits per heavy atom. The molecule has 2 aromatic carbocycles. The van der Waals surface area contributed by atoms with Crippen molar-refractivity contribution in [2.45, 2.75) is 57.5 Å². The Morgan fingerprint density at radius 3 is 2.54 bits per heavy atom. The van der Waals surface area contributed by atoms with Crippen molar-refractivity contribution in [1.29, 1.82) is 0 Å². The van der Waals surface area contributed by atoms with Gasteiger partial charge in [0.2, 0.25) is 27.8 Å². The van der Waals surface area contributed by atoms with Gasteiger partial charge in [-0.25, -0.2) is 27.8 Å². The van der Waals surface area contributed by atoms with Crippen LogP contribution in [0, 0.1) is 5.82 Å². The van der Waals surface area contributed by atoms with Gasteiger partial charge in [-0.3, -0.25) is 29.3 Å². The third-order valence-corrected chi connectivity index (χ3v) is 11.4. The summed E-state index contributed by atoms with van der Waals surface area (Å²) in [6.07, 6.45) is 4.00. The zero-order valence-corrected chi connectivity index (χ0v) is 28.9. The van der Waals surface area contributed by atoms with Crippen LogP contribution in [0.4, 0.5) is 16.0 Å². The van der Waals surface area contributed by atoms with Crippen LogP contribution in [0.25, 0.3) is 21.8 Å². The highest BCUT2D eigenvalue weighted by atomic mass is 32.2. The van der Waals surface area contributed by atoms with E-state index in [1.165, 1.54) is 23.6 Å². The number of aromatic nitrogens is 3. The van der Waals surface area contributed by atoms with Gasteiger partial charge in [0.05, 0.1) is 32.7 Å². The zero-order valence-electron chi connectivity index (χ0n) is 27.3. The van der Waals surface area contributed by atoms with Gasteiger partial charge in [0, 0.05) is 36.2 Å². The summed E-state index contributed by atoms with van der Waals surface area (Å²) in [5, 5.41) is 5.77. The van der Waals surface area contributed by atoms with Gasteiger partial charge in [0.25, 0.3) is 5.91 Å². The number of imide groups is 1. The number of amides is 3. The summed E-state index contributed by atoms with van der Waals surface area (Å²) in [7, 11) is -3.72. The number of nitrogens with two attached hydrogens (primary N) is 1. The van der Waals surface area contributed by atoms with Gasteiger partial charge >= 0.3 is 0 Å². The molecule has 0 unspecified atom stereocenters. The van der Waals surface area contributed by atoms with Crippen molar-refractivity contribution in [2.24, 2.45) is 0 Å². The number of sulfonamides is 1. The summed E-state index contributed by atoms with van der Waals surface area (Å²) in [6, 6.07) is 12.8. The number of benzene rings is 2. The first-order valence-corrected chi connectivity index (χ1v) is 18.8. The number of piperidine rings is 2. The third-order valence-electron chi connectivity index (χ3n) is 8.65. The van der Waals surface area contributed by atoms with Crippen molar-refractivity contribution in [1.82, 2.24) is 30.5 Å². The summed E-state index contributed by atoms with van der Waals surface area (Å²) >= 11 is 1.42. The maximum Gasteiger partial charge on any atom is 0.251 e. The van der Waals surface area contributed by atoms with Gasteiger partial charge in [-0.2, -0.15) is 0 Å². The van der Waals surface area contributed by atoms with Crippen molar-refractivity contribution < 1.29 is 27.2 Å². The monoisotopic (exact) mass is 720 g/mol. The lowest BCUT2D eigenvalue weighted by Crippen LogP contribution is -2.52. The number of carbonyl (C=O) groups is 3. The van der Waals surface area contributed by atoms with E-state index in [0.29, 0.717) is 34.8 Å². The van der Waals surface area contributed by atoms with Gasteiger partial charge < -0.3 is 11.1 Å². The molecule has 50 heavy (non-hydrogen) atoms. The number of nitrogens with one attached hydrogen (secondary N) is 3. The number of nitrogen functional groups attached to an aromatic ring is 1. The number of likely N-dealkylation sites (tertiary alicyclic amines) is 1. The van der Waals surface area contributed by atoms with E-state index in [2.05, 4.69) is 30.2 Å². The molecule has 0 aliphatic carbocycles. The Balaban J connectivity index is 1.14. The molecule has 2 aliphatic rings. The molecule has 262 valence electrons. The van der Waals surface area contributed by atoms with Crippen LogP contribution in [0.15, 0.2) is 54.7 Å². The molecule has 0 spiro atoms. The Hall–Kier alpha value is -4.80. The Bertz CT molecular complexity index is 2010. The average molecular weight is 721 g/mol. The molecule has 2 saturated heterocycles. The fraction of sp³-hybridized carbons (Fsp3) is 0.353. The summed E-state index contributed by atoms with van der Waals surface area (Å²) < 4.78 is 43.2. The third kappa shape index (κ3) is 8.14. The maximum absolute atomic E-state index is 15.9. The fourth-order valence-corrected chi connectivity index (χ4v) is 8.43. The quantitative estimate of drug-likeness (QED) is 0.165. The van der Waals surface area contributed by atoms with Crippen molar-refractivity contribution >= 4 is 50.7 Å². The van der Waals surface area contributed by atoms with Gasteiger partial charge in [-0.15, -0.1) is 11.3 Å². The van der Waals surface area contributed by atoms with Gasteiger partial charge in [0.1, 0.15) is 6.04 Å². The fourth-order valence-electron chi connectivity index (χ4n) is 6.08. The highest BCUT2D eigenvalue weighted by Crippen LogP contribution is 2.42. The number of nitrogens with zero attached hydrogens (tertiary/aromatic N) is 4. The molecule has 6 rings (SSSR count). The van der Waals surface area contributed by atoms with E-state index in [-0.39, 0.29) is 53.5 Å². The van der Waals surface area contributed by atoms with E-state index in [1.807, 2.05) is 12.1 Å². The number of rotatable bonds is 11. The number of halogens is 1. The lowest BCUT2D eigenvalue weighted by Gasteiger charge is -2.31. The minimum absolute atomic E-state index is 0.0706. The number of hydrogen-bond acceptors (Lipinski definition) is 11. The number of hydrogen-bond donors (Lipinski definition) is 4. The first-order valence-electron chi connectivity index (χ1n) is 16.3. The second-order valence-electron chi connectivity index (χ2n) is 12.3. The first kappa shape index (κ1) is 35.0. The standard InChI is InChI=1S/C34H37FN8O5S2/c1-2-18-50(47,48)42-24-5-3-4-23(28(24)35)29-30(25-12-15-37-34(36)39-25)49-33(41-29)22-13-16-43(17-14-22)19-20-6-8-21(9-7-20)31(45)38-26-10-11-27(44)40-32(26)46/h3-9,12,15,22,26,42H,2,10-11,13-14,16-19H2,1H3,(H,38,45)(H2,36,37,39)(H,40,44,46)/t26-/m1/s1. The number of anilines is 2. The molecule has 1 atom stereocenters. The Kier molecular flexibility index (Phi) is 10.5. The molecule has 2 aliphatic heterocycles. The van der Waals surface area contributed by atoms with Gasteiger partial charge in [0.15, 0.2) is 5.82 Å². The molecule has 13 nitrogen and oxygen atoms in total.